The highest BCUT2D eigenvalue weighted by molar-refractivity contribution is 5.92. The Labute approximate surface area is 206 Å². The SMILES string of the molecule is N=C(N)NCCC[C@@H](N)C(=O)N[C@@H](Cc1c[nH]cn1)C(=O)N[C@@H](Cc1c[nH]c2ccccc12)C(=O)O. The summed E-state index contributed by atoms with van der Waals surface area (Å²) in [6, 6.07) is 4.25. The van der Waals surface area contributed by atoms with Crippen molar-refractivity contribution in [1.29, 1.82) is 5.41 Å². The molecule has 0 aliphatic carbocycles. The molecule has 0 saturated carbocycles. The van der Waals surface area contributed by atoms with Crippen LogP contribution in [-0.2, 0) is 27.2 Å². The molecule has 2 heterocycles. The molecule has 13 heteroatoms. The summed E-state index contributed by atoms with van der Waals surface area (Å²) < 4.78 is 0. The quantitative estimate of drug-likeness (QED) is 0.0832. The van der Waals surface area contributed by atoms with E-state index in [0.29, 0.717) is 25.1 Å². The zero-order valence-electron chi connectivity index (χ0n) is 19.6. The van der Waals surface area contributed by atoms with Crippen LogP contribution < -0.4 is 27.4 Å². The first-order chi connectivity index (χ1) is 17.2. The van der Waals surface area contributed by atoms with E-state index < -0.39 is 35.9 Å². The first kappa shape index (κ1) is 26.2. The summed E-state index contributed by atoms with van der Waals surface area (Å²) in [4.78, 5) is 47.8. The Bertz CT molecular complexity index is 1190. The van der Waals surface area contributed by atoms with Gasteiger partial charge in [0.15, 0.2) is 5.96 Å². The Balaban J connectivity index is 1.67. The highest BCUT2D eigenvalue weighted by Crippen LogP contribution is 2.19. The fraction of sp³-hybridized carbons (Fsp3) is 0.348. The second-order valence-electron chi connectivity index (χ2n) is 8.38. The average Bonchev–Trinajstić information content (AvgIpc) is 3.50. The lowest BCUT2D eigenvalue weighted by Gasteiger charge is -2.22. The number of guanidine groups is 1. The van der Waals surface area contributed by atoms with Gasteiger partial charge in [0, 0.05) is 42.7 Å². The van der Waals surface area contributed by atoms with Crippen molar-refractivity contribution in [2.75, 3.05) is 6.54 Å². The standard InChI is InChI=1S/C23H31N9O4/c24-16(5-3-7-28-23(25)26)20(33)31-18(9-14-11-27-12-30-14)21(34)32-19(22(35)36)8-13-10-29-17-6-2-1-4-15(13)17/h1-2,4,6,10-12,16,18-19,29H,3,5,7-9,24H2,(H,27,30)(H,31,33)(H,32,34)(H,35,36)(H4,25,26,28)/t16-,18+,19+/m1/s1. The van der Waals surface area contributed by atoms with Gasteiger partial charge in [-0.05, 0) is 24.5 Å². The van der Waals surface area contributed by atoms with Gasteiger partial charge in [0.2, 0.25) is 11.8 Å². The number of hydrogen-bond donors (Lipinski definition) is 9. The van der Waals surface area contributed by atoms with Gasteiger partial charge in [-0.1, -0.05) is 18.2 Å². The molecule has 36 heavy (non-hydrogen) atoms. The van der Waals surface area contributed by atoms with Crippen LogP contribution in [0.4, 0.5) is 0 Å². The number of fused-ring (bicyclic) bond motifs is 1. The number of H-pyrrole nitrogens is 2. The van der Waals surface area contributed by atoms with E-state index >= 15 is 0 Å². The second kappa shape index (κ2) is 12.4. The highest BCUT2D eigenvalue weighted by Gasteiger charge is 2.29. The number of amides is 2. The number of rotatable bonds is 13. The van der Waals surface area contributed by atoms with Crippen LogP contribution in [0.3, 0.4) is 0 Å². The Morgan fingerprint density at radius 3 is 2.53 bits per heavy atom. The molecular formula is C23H31N9O4. The zero-order chi connectivity index (χ0) is 26.1. The minimum absolute atomic E-state index is 0.0408. The average molecular weight is 498 g/mol. The van der Waals surface area contributed by atoms with E-state index in [2.05, 4.69) is 30.9 Å². The Morgan fingerprint density at radius 2 is 1.83 bits per heavy atom. The summed E-state index contributed by atoms with van der Waals surface area (Å²) in [6.07, 6.45) is 5.61. The Morgan fingerprint density at radius 1 is 1.08 bits per heavy atom. The minimum Gasteiger partial charge on any atom is -0.480 e. The molecule has 0 aliphatic rings. The summed E-state index contributed by atoms with van der Waals surface area (Å²) in [5, 5.41) is 25.6. The van der Waals surface area contributed by atoms with Crippen molar-refractivity contribution >= 4 is 34.6 Å². The normalized spacial score (nSPS) is 13.5. The molecule has 3 aromatic rings. The molecular weight excluding hydrogens is 466 g/mol. The van der Waals surface area contributed by atoms with Gasteiger partial charge in [0.05, 0.1) is 18.1 Å². The maximum absolute atomic E-state index is 13.1. The lowest BCUT2D eigenvalue weighted by Crippen LogP contribution is -2.55. The lowest BCUT2D eigenvalue weighted by atomic mass is 10.0. The fourth-order valence-corrected chi connectivity index (χ4v) is 3.77. The third-order valence-corrected chi connectivity index (χ3v) is 5.66. The van der Waals surface area contributed by atoms with Crippen LogP contribution in [0.15, 0.2) is 43.0 Å². The van der Waals surface area contributed by atoms with Crippen LogP contribution in [0.25, 0.3) is 10.9 Å². The predicted molar refractivity (Wildman–Crippen MR) is 133 cm³/mol. The fourth-order valence-electron chi connectivity index (χ4n) is 3.77. The van der Waals surface area contributed by atoms with Crippen LogP contribution in [0.5, 0.6) is 0 Å². The van der Waals surface area contributed by atoms with E-state index in [1.54, 1.807) is 12.4 Å². The number of carboxylic acids is 1. The Kier molecular flexibility index (Phi) is 9.00. The van der Waals surface area contributed by atoms with E-state index in [1.165, 1.54) is 6.33 Å². The number of nitrogens with zero attached hydrogens (tertiary/aromatic N) is 1. The molecule has 13 nitrogen and oxygen atoms in total. The molecule has 0 saturated heterocycles. The number of benzene rings is 1. The molecule has 0 bridgehead atoms. The molecule has 0 unspecified atom stereocenters. The number of hydrogen-bond acceptors (Lipinski definition) is 6. The number of aromatic nitrogens is 3. The smallest absolute Gasteiger partial charge is 0.326 e. The van der Waals surface area contributed by atoms with E-state index in [0.717, 1.165) is 16.5 Å². The summed E-state index contributed by atoms with van der Waals surface area (Å²) in [5.74, 6) is -2.60. The molecule has 0 radical (unpaired) electrons. The van der Waals surface area contributed by atoms with Gasteiger partial charge in [0.25, 0.3) is 0 Å². The number of carboxylic acid groups (broad SMARTS) is 1. The molecule has 0 spiro atoms. The van der Waals surface area contributed by atoms with Gasteiger partial charge in [-0.25, -0.2) is 9.78 Å². The van der Waals surface area contributed by atoms with Gasteiger partial charge in [-0.3, -0.25) is 15.0 Å². The zero-order valence-corrected chi connectivity index (χ0v) is 19.6. The van der Waals surface area contributed by atoms with E-state index in [-0.39, 0.29) is 18.8 Å². The topological polar surface area (TPSA) is 228 Å². The van der Waals surface area contributed by atoms with Crippen LogP contribution in [-0.4, -0.2) is 68.5 Å². The van der Waals surface area contributed by atoms with Gasteiger partial charge < -0.3 is 42.5 Å². The van der Waals surface area contributed by atoms with Crippen LogP contribution in [0, 0.1) is 5.41 Å². The van der Waals surface area contributed by atoms with Crippen molar-refractivity contribution in [3.63, 3.8) is 0 Å². The molecule has 2 amide bonds. The van der Waals surface area contributed by atoms with Gasteiger partial charge in [-0.15, -0.1) is 0 Å². The number of aliphatic carboxylic acids is 1. The van der Waals surface area contributed by atoms with Gasteiger partial charge >= 0.3 is 5.97 Å². The summed E-state index contributed by atoms with van der Waals surface area (Å²) in [7, 11) is 0. The first-order valence-corrected chi connectivity index (χ1v) is 11.4. The number of imidazole rings is 1. The van der Waals surface area contributed by atoms with Crippen LogP contribution >= 0.6 is 0 Å². The maximum Gasteiger partial charge on any atom is 0.326 e. The summed E-state index contributed by atoms with van der Waals surface area (Å²) >= 11 is 0. The second-order valence-corrected chi connectivity index (χ2v) is 8.38. The third-order valence-electron chi connectivity index (χ3n) is 5.66. The predicted octanol–water partition coefficient (Wildman–Crippen LogP) is -0.679. The number of para-hydroxylation sites is 1. The Hall–Kier alpha value is -4.39. The van der Waals surface area contributed by atoms with Crippen molar-refractivity contribution in [3.05, 3.63) is 54.2 Å². The minimum atomic E-state index is -1.22. The van der Waals surface area contributed by atoms with Crippen molar-refractivity contribution in [2.24, 2.45) is 11.5 Å². The largest absolute Gasteiger partial charge is 0.480 e. The molecule has 3 rings (SSSR count). The first-order valence-electron chi connectivity index (χ1n) is 11.4. The van der Waals surface area contributed by atoms with Crippen molar-refractivity contribution < 1.29 is 19.5 Å². The highest BCUT2D eigenvalue weighted by atomic mass is 16.4. The van der Waals surface area contributed by atoms with Crippen molar-refractivity contribution in [1.82, 2.24) is 30.9 Å². The molecule has 1 aromatic carbocycles. The number of carbonyl (C=O) groups excluding carboxylic acids is 2. The summed E-state index contributed by atoms with van der Waals surface area (Å²) in [6.45, 7) is 0.377. The molecule has 0 aliphatic heterocycles. The molecule has 192 valence electrons. The molecule has 3 atom stereocenters. The monoisotopic (exact) mass is 497 g/mol. The molecule has 11 N–H and O–H groups in total. The van der Waals surface area contributed by atoms with Gasteiger partial charge in [0.1, 0.15) is 12.1 Å². The lowest BCUT2D eigenvalue weighted by molar-refractivity contribution is -0.142. The van der Waals surface area contributed by atoms with Crippen molar-refractivity contribution in [3.8, 4) is 0 Å². The van der Waals surface area contributed by atoms with E-state index in [1.807, 2.05) is 24.3 Å². The summed E-state index contributed by atoms with van der Waals surface area (Å²) in [5.41, 5.74) is 13.3. The van der Waals surface area contributed by atoms with Gasteiger partial charge in [-0.2, -0.15) is 0 Å². The number of nitrogens with two attached hydrogens (primary N) is 2. The van der Waals surface area contributed by atoms with Crippen molar-refractivity contribution in [2.45, 2.75) is 43.8 Å². The number of nitrogens with one attached hydrogen (secondary N) is 6. The number of aromatic amines is 2. The molecule has 2 aromatic heterocycles. The van der Waals surface area contributed by atoms with Crippen LogP contribution in [0.2, 0.25) is 0 Å². The van der Waals surface area contributed by atoms with E-state index in [9.17, 15) is 19.5 Å². The number of carbonyl (C=O) groups is 3. The van der Waals surface area contributed by atoms with Crippen LogP contribution in [0.1, 0.15) is 24.1 Å². The third kappa shape index (κ3) is 7.30. The van der Waals surface area contributed by atoms with E-state index in [4.69, 9.17) is 16.9 Å². The maximum atomic E-state index is 13.1. The molecule has 0 fully saturated rings.